The minimum absolute atomic E-state index is 0.738. The first-order valence-corrected chi connectivity index (χ1v) is 7.80. The molecule has 1 nitrogen and oxygen atoms in total. The van der Waals surface area contributed by atoms with Crippen LogP contribution in [0.2, 0.25) is 0 Å². The highest BCUT2D eigenvalue weighted by molar-refractivity contribution is 5.33. The Labute approximate surface area is 119 Å². The van der Waals surface area contributed by atoms with Crippen molar-refractivity contribution in [3.8, 4) is 0 Å². The van der Waals surface area contributed by atoms with Gasteiger partial charge in [-0.25, -0.2) is 0 Å². The number of hydrogen-bond donors (Lipinski definition) is 1. The zero-order valence-corrected chi connectivity index (χ0v) is 13.4. The topological polar surface area (TPSA) is 12.0 Å². The molecule has 1 aromatic carbocycles. The monoisotopic (exact) mass is 261 g/mol. The number of aryl methyl sites for hydroxylation is 2. The van der Waals surface area contributed by atoms with Gasteiger partial charge < -0.3 is 5.32 Å². The molecule has 1 unspecified atom stereocenters. The fourth-order valence-electron chi connectivity index (χ4n) is 2.72. The third kappa shape index (κ3) is 5.78. The predicted octanol–water partition coefficient (Wildman–Crippen LogP) is 4.51. The van der Waals surface area contributed by atoms with E-state index in [0.29, 0.717) is 0 Å². The summed E-state index contributed by atoms with van der Waals surface area (Å²) in [5.74, 6) is 1.51. The van der Waals surface area contributed by atoms with Gasteiger partial charge >= 0.3 is 0 Å². The predicted molar refractivity (Wildman–Crippen MR) is 85.7 cm³/mol. The van der Waals surface area contributed by atoms with E-state index in [9.17, 15) is 0 Å². The fourth-order valence-corrected chi connectivity index (χ4v) is 2.72. The van der Waals surface area contributed by atoms with Gasteiger partial charge in [-0.2, -0.15) is 0 Å². The third-order valence-corrected chi connectivity index (χ3v) is 3.82. The molecule has 1 heteroatoms. The number of hydrogen-bond acceptors (Lipinski definition) is 1. The molecule has 0 aromatic heterocycles. The molecule has 1 rings (SSSR count). The molecular formula is C18H31N. The normalized spacial score (nSPS) is 12.9. The Morgan fingerprint density at radius 1 is 1.05 bits per heavy atom. The molecule has 0 aliphatic carbocycles. The van der Waals surface area contributed by atoms with Crippen molar-refractivity contribution in [2.45, 2.75) is 53.9 Å². The number of benzene rings is 1. The Morgan fingerprint density at radius 3 is 2.21 bits per heavy atom. The second-order valence-corrected chi connectivity index (χ2v) is 6.28. The van der Waals surface area contributed by atoms with Crippen molar-refractivity contribution in [2.24, 2.45) is 11.8 Å². The van der Waals surface area contributed by atoms with E-state index in [1.54, 1.807) is 5.56 Å². The second kappa shape index (κ2) is 8.37. The fraction of sp³-hybridized carbons (Fsp3) is 0.667. The molecule has 19 heavy (non-hydrogen) atoms. The summed E-state index contributed by atoms with van der Waals surface area (Å²) in [5.41, 5.74) is 4.46. The van der Waals surface area contributed by atoms with Gasteiger partial charge in [0, 0.05) is 0 Å². The Kier molecular flexibility index (Phi) is 7.15. The van der Waals surface area contributed by atoms with Gasteiger partial charge in [-0.1, -0.05) is 45.4 Å². The van der Waals surface area contributed by atoms with E-state index in [-0.39, 0.29) is 0 Å². The summed E-state index contributed by atoms with van der Waals surface area (Å²) < 4.78 is 0. The lowest BCUT2D eigenvalue weighted by Gasteiger charge is -2.20. The maximum Gasteiger partial charge on any atom is -0.00172 e. The van der Waals surface area contributed by atoms with Gasteiger partial charge in [0.2, 0.25) is 0 Å². The van der Waals surface area contributed by atoms with Crippen LogP contribution in [0.3, 0.4) is 0 Å². The summed E-state index contributed by atoms with van der Waals surface area (Å²) in [6.07, 6.45) is 3.81. The molecule has 0 bridgehead atoms. The third-order valence-electron chi connectivity index (χ3n) is 3.82. The second-order valence-electron chi connectivity index (χ2n) is 6.28. The zero-order chi connectivity index (χ0) is 14.3. The highest BCUT2D eigenvalue weighted by Crippen LogP contribution is 2.20. The molecule has 1 atom stereocenters. The van der Waals surface area contributed by atoms with E-state index in [2.05, 4.69) is 58.1 Å². The van der Waals surface area contributed by atoms with Crippen molar-refractivity contribution in [3.63, 3.8) is 0 Å². The molecule has 0 aliphatic heterocycles. The van der Waals surface area contributed by atoms with Crippen LogP contribution in [0.5, 0.6) is 0 Å². The maximum atomic E-state index is 3.63. The van der Waals surface area contributed by atoms with E-state index in [0.717, 1.165) is 24.9 Å². The van der Waals surface area contributed by atoms with Gasteiger partial charge in [0.1, 0.15) is 0 Å². The van der Waals surface area contributed by atoms with E-state index in [1.807, 2.05) is 0 Å². The lowest BCUT2D eigenvalue weighted by molar-refractivity contribution is 0.420. The first-order valence-electron chi connectivity index (χ1n) is 7.80. The molecular weight excluding hydrogens is 230 g/mol. The molecule has 0 heterocycles. The smallest absolute Gasteiger partial charge is 0.00172 e. The molecule has 1 aromatic rings. The summed E-state index contributed by atoms with van der Waals surface area (Å²) >= 11 is 0. The summed E-state index contributed by atoms with van der Waals surface area (Å²) in [7, 11) is 0. The number of nitrogens with one attached hydrogen (secondary N) is 1. The first kappa shape index (κ1) is 16.2. The maximum absolute atomic E-state index is 3.63. The molecule has 0 saturated carbocycles. The van der Waals surface area contributed by atoms with Crippen LogP contribution in [0.1, 0.15) is 50.3 Å². The highest BCUT2D eigenvalue weighted by Gasteiger charge is 2.12. The van der Waals surface area contributed by atoms with Crippen LogP contribution in [-0.4, -0.2) is 13.1 Å². The van der Waals surface area contributed by atoms with Crippen LogP contribution in [0.25, 0.3) is 0 Å². The molecule has 0 radical (unpaired) electrons. The van der Waals surface area contributed by atoms with Gasteiger partial charge in [0.15, 0.2) is 0 Å². The molecule has 0 amide bonds. The quantitative estimate of drug-likeness (QED) is 0.726. The highest BCUT2D eigenvalue weighted by atomic mass is 14.9. The van der Waals surface area contributed by atoms with Crippen LogP contribution in [-0.2, 0) is 6.42 Å². The van der Waals surface area contributed by atoms with E-state index in [4.69, 9.17) is 0 Å². The van der Waals surface area contributed by atoms with E-state index < -0.39 is 0 Å². The van der Waals surface area contributed by atoms with Crippen LogP contribution in [0, 0.1) is 25.7 Å². The molecule has 0 spiro atoms. The standard InChI is InChI=1S/C18H31N/c1-6-8-17(13-19-12-14(2)3)11-18-15(4)9-7-10-16(18)5/h7,9-10,14,17,19H,6,8,11-13H2,1-5H3. The van der Waals surface area contributed by atoms with E-state index >= 15 is 0 Å². The number of rotatable bonds is 8. The average molecular weight is 261 g/mol. The molecule has 108 valence electrons. The van der Waals surface area contributed by atoms with Gasteiger partial charge in [0.05, 0.1) is 0 Å². The largest absolute Gasteiger partial charge is 0.316 e. The van der Waals surface area contributed by atoms with Crippen molar-refractivity contribution in [1.29, 1.82) is 0 Å². The van der Waals surface area contributed by atoms with Gasteiger partial charge in [-0.3, -0.25) is 0 Å². The van der Waals surface area contributed by atoms with Gasteiger partial charge in [-0.15, -0.1) is 0 Å². The zero-order valence-electron chi connectivity index (χ0n) is 13.4. The van der Waals surface area contributed by atoms with Gasteiger partial charge in [-0.05, 0) is 68.3 Å². The summed E-state index contributed by atoms with van der Waals surface area (Å²) in [5, 5.41) is 3.63. The van der Waals surface area contributed by atoms with Crippen LogP contribution in [0.15, 0.2) is 18.2 Å². The molecule has 0 aliphatic rings. The van der Waals surface area contributed by atoms with Crippen molar-refractivity contribution < 1.29 is 0 Å². The lowest BCUT2D eigenvalue weighted by Crippen LogP contribution is -2.27. The first-order chi connectivity index (χ1) is 9.04. The minimum atomic E-state index is 0.738. The Bertz CT molecular complexity index is 348. The van der Waals surface area contributed by atoms with Crippen LogP contribution in [0.4, 0.5) is 0 Å². The van der Waals surface area contributed by atoms with Crippen molar-refractivity contribution in [3.05, 3.63) is 34.9 Å². The Hall–Kier alpha value is -0.820. The summed E-state index contributed by atoms with van der Waals surface area (Å²) in [4.78, 5) is 0. The van der Waals surface area contributed by atoms with Crippen molar-refractivity contribution in [1.82, 2.24) is 5.32 Å². The molecule has 0 saturated heterocycles. The van der Waals surface area contributed by atoms with Gasteiger partial charge in [0.25, 0.3) is 0 Å². The Morgan fingerprint density at radius 2 is 1.68 bits per heavy atom. The molecule has 1 N–H and O–H groups in total. The van der Waals surface area contributed by atoms with Crippen molar-refractivity contribution >= 4 is 0 Å². The minimum Gasteiger partial charge on any atom is -0.316 e. The summed E-state index contributed by atoms with van der Waals surface area (Å²) in [6, 6.07) is 6.65. The van der Waals surface area contributed by atoms with E-state index in [1.165, 1.54) is 30.4 Å². The van der Waals surface area contributed by atoms with Crippen LogP contribution < -0.4 is 5.32 Å². The Balaban J connectivity index is 2.62. The lowest BCUT2D eigenvalue weighted by atomic mass is 9.90. The SMILES string of the molecule is CCCC(CNCC(C)C)Cc1c(C)cccc1C. The molecule has 0 fully saturated rings. The van der Waals surface area contributed by atoms with Crippen LogP contribution >= 0.6 is 0 Å². The average Bonchev–Trinajstić information content (AvgIpc) is 2.33. The summed E-state index contributed by atoms with van der Waals surface area (Å²) in [6.45, 7) is 13.6. The van der Waals surface area contributed by atoms with Crippen molar-refractivity contribution in [2.75, 3.05) is 13.1 Å².